The highest BCUT2D eigenvalue weighted by Crippen LogP contribution is 2.32. The lowest BCUT2D eigenvalue weighted by Crippen LogP contribution is -2.01. The quantitative estimate of drug-likeness (QED) is 0.660. The summed E-state index contributed by atoms with van der Waals surface area (Å²) in [7, 11) is -8.71. The van der Waals surface area contributed by atoms with E-state index in [2.05, 4.69) is 0 Å². The molecule has 8 heteroatoms. The minimum atomic E-state index is -4.42. The molecule has 0 atom stereocenters. The third-order valence-corrected chi connectivity index (χ3v) is 5.61. The minimum Gasteiger partial charge on any atom is -0.282 e. The van der Waals surface area contributed by atoms with Gasteiger partial charge in [0.15, 0.2) is 0 Å². The van der Waals surface area contributed by atoms with Gasteiger partial charge < -0.3 is 0 Å². The summed E-state index contributed by atoms with van der Waals surface area (Å²) in [5, 5.41) is 0. The average molecular weight is 390 g/mol. The summed E-state index contributed by atoms with van der Waals surface area (Å²) < 4.78 is 64.2. The summed E-state index contributed by atoms with van der Waals surface area (Å²) in [6, 6.07) is 18.6. The van der Waals surface area contributed by atoms with E-state index >= 15 is 0 Å². The van der Waals surface area contributed by atoms with Crippen LogP contribution in [0.5, 0.6) is 0 Å². The van der Waals surface area contributed by atoms with Crippen LogP contribution < -0.4 is 0 Å². The van der Waals surface area contributed by atoms with Crippen LogP contribution in [-0.4, -0.2) is 25.9 Å². The molecular weight excluding hydrogens is 376 g/mol. The molecule has 3 aromatic rings. The van der Waals surface area contributed by atoms with E-state index in [1.54, 1.807) is 36.4 Å². The molecule has 0 aromatic heterocycles. The van der Waals surface area contributed by atoms with Gasteiger partial charge in [0.2, 0.25) is 0 Å². The van der Waals surface area contributed by atoms with Crippen molar-refractivity contribution >= 4 is 20.2 Å². The van der Waals surface area contributed by atoms with Crippen LogP contribution in [0.4, 0.5) is 0 Å². The molecule has 0 saturated heterocycles. The Balaban J connectivity index is 2.16. The van der Waals surface area contributed by atoms with E-state index in [1.165, 1.54) is 36.4 Å². The number of hydrogen-bond acceptors (Lipinski definition) is 4. The summed E-state index contributed by atoms with van der Waals surface area (Å²) in [6.45, 7) is 0. The Morgan fingerprint density at radius 2 is 1.15 bits per heavy atom. The van der Waals surface area contributed by atoms with Crippen molar-refractivity contribution in [2.45, 2.75) is 9.79 Å². The van der Waals surface area contributed by atoms with Gasteiger partial charge in [-0.3, -0.25) is 9.11 Å². The average Bonchev–Trinajstić information content (AvgIpc) is 2.60. The summed E-state index contributed by atoms with van der Waals surface area (Å²) in [6.07, 6.45) is 0. The van der Waals surface area contributed by atoms with Crippen LogP contribution in [0.2, 0.25) is 0 Å². The fourth-order valence-corrected chi connectivity index (χ4v) is 3.77. The first-order valence-corrected chi connectivity index (χ1v) is 10.3. The molecule has 0 aliphatic rings. The second-order valence-corrected chi connectivity index (χ2v) is 8.36. The topological polar surface area (TPSA) is 109 Å². The molecule has 0 amide bonds. The van der Waals surface area contributed by atoms with Crippen LogP contribution in [0.15, 0.2) is 82.6 Å². The summed E-state index contributed by atoms with van der Waals surface area (Å²) >= 11 is 0. The Morgan fingerprint density at radius 1 is 0.577 bits per heavy atom. The fourth-order valence-electron chi connectivity index (χ4n) is 2.60. The van der Waals surface area contributed by atoms with Crippen LogP contribution >= 0.6 is 0 Å². The number of rotatable bonds is 4. The molecule has 0 saturated carbocycles. The first-order valence-electron chi connectivity index (χ1n) is 7.41. The molecule has 2 N–H and O–H groups in total. The SMILES string of the molecule is O=S(=O)(O)c1ccc(-c2ccc(S(=O)(=O)O)c(-c3ccccc3)c2)cc1. The lowest BCUT2D eigenvalue weighted by molar-refractivity contribution is 0.481. The van der Waals surface area contributed by atoms with Gasteiger partial charge in [-0.05, 0) is 41.0 Å². The maximum atomic E-state index is 11.7. The van der Waals surface area contributed by atoms with E-state index in [9.17, 15) is 21.4 Å². The molecule has 0 fully saturated rings. The van der Waals surface area contributed by atoms with Gasteiger partial charge in [-0.15, -0.1) is 0 Å². The van der Waals surface area contributed by atoms with Crippen molar-refractivity contribution in [3.63, 3.8) is 0 Å². The Morgan fingerprint density at radius 3 is 1.69 bits per heavy atom. The van der Waals surface area contributed by atoms with Gasteiger partial charge in [0, 0.05) is 5.56 Å². The van der Waals surface area contributed by atoms with Gasteiger partial charge in [0.05, 0.1) is 4.90 Å². The summed E-state index contributed by atoms with van der Waals surface area (Å²) in [5.74, 6) is 0. The van der Waals surface area contributed by atoms with Crippen molar-refractivity contribution in [3.05, 3.63) is 72.8 Å². The van der Waals surface area contributed by atoms with Gasteiger partial charge >= 0.3 is 0 Å². The highest BCUT2D eigenvalue weighted by atomic mass is 32.2. The summed E-state index contributed by atoms with van der Waals surface area (Å²) in [5.41, 5.74) is 2.18. The molecule has 0 unspecified atom stereocenters. The van der Waals surface area contributed by atoms with Gasteiger partial charge in [0.1, 0.15) is 4.90 Å². The highest BCUT2D eigenvalue weighted by molar-refractivity contribution is 7.86. The van der Waals surface area contributed by atoms with E-state index in [0.29, 0.717) is 22.3 Å². The molecule has 134 valence electrons. The molecule has 0 bridgehead atoms. The van der Waals surface area contributed by atoms with Crippen molar-refractivity contribution in [2.24, 2.45) is 0 Å². The maximum absolute atomic E-state index is 11.7. The number of hydrogen-bond donors (Lipinski definition) is 2. The van der Waals surface area contributed by atoms with Gasteiger partial charge in [-0.25, -0.2) is 0 Å². The third kappa shape index (κ3) is 3.83. The minimum absolute atomic E-state index is 0.220. The second kappa shape index (κ2) is 6.65. The Kier molecular flexibility index (Phi) is 4.68. The Labute approximate surface area is 151 Å². The summed E-state index contributed by atoms with van der Waals surface area (Å²) in [4.78, 5) is -0.457. The van der Waals surface area contributed by atoms with Crippen molar-refractivity contribution in [2.75, 3.05) is 0 Å². The van der Waals surface area contributed by atoms with E-state index in [4.69, 9.17) is 4.55 Å². The van der Waals surface area contributed by atoms with Crippen LogP contribution in [0.25, 0.3) is 22.3 Å². The number of benzene rings is 3. The zero-order valence-corrected chi connectivity index (χ0v) is 14.9. The molecule has 6 nitrogen and oxygen atoms in total. The molecule has 3 aromatic carbocycles. The lowest BCUT2D eigenvalue weighted by atomic mass is 9.99. The van der Waals surface area contributed by atoms with Crippen molar-refractivity contribution in [1.29, 1.82) is 0 Å². The molecule has 26 heavy (non-hydrogen) atoms. The standard InChI is InChI=1S/C18H14O6S2/c19-25(20,21)16-9-6-13(7-10-16)15-8-11-18(26(22,23)24)17(12-15)14-4-2-1-3-5-14/h1-12H,(H,19,20,21)(H,22,23,24). The Bertz CT molecular complexity index is 1150. The van der Waals surface area contributed by atoms with Crippen LogP contribution in [0.3, 0.4) is 0 Å². The second-order valence-electron chi connectivity index (χ2n) is 5.55. The first kappa shape index (κ1) is 18.3. The van der Waals surface area contributed by atoms with E-state index in [0.717, 1.165) is 0 Å². The lowest BCUT2D eigenvalue weighted by Gasteiger charge is -2.11. The van der Waals surface area contributed by atoms with Crippen LogP contribution in [-0.2, 0) is 20.2 Å². The molecule has 0 spiro atoms. The van der Waals surface area contributed by atoms with Crippen molar-refractivity contribution in [1.82, 2.24) is 0 Å². The smallest absolute Gasteiger partial charge is 0.282 e. The molecule has 0 aliphatic heterocycles. The van der Waals surface area contributed by atoms with E-state index < -0.39 is 20.2 Å². The first-order chi connectivity index (χ1) is 12.2. The van der Waals surface area contributed by atoms with Gasteiger partial charge in [-0.2, -0.15) is 16.8 Å². The van der Waals surface area contributed by atoms with E-state index in [-0.39, 0.29) is 9.79 Å². The molecule has 0 aliphatic carbocycles. The van der Waals surface area contributed by atoms with Crippen molar-refractivity contribution < 1.29 is 25.9 Å². The Hall–Kier alpha value is -2.52. The molecule has 3 rings (SSSR count). The monoisotopic (exact) mass is 390 g/mol. The predicted molar refractivity (Wildman–Crippen MR) is 96.9 cm³/mol. The predicted octanol–water partition coefficient (Wildman–Crippen LogP) is 3.51. The third-order valence-electron chi connectivity index (χ3n) is 3.83. The van der Waals surface area contributed by atoms with E-state index in [1.807, 2.05) is 0 Å². The zero-order valence-electron chi connectivity index (χ0n) is 13.3. The van der Waals surface area contributed by atoms with Gasteiger partial charge in [0.25, 0.3) is 20.2 Å². The maximum Gasteiger partial charge on any atom is 0.295 e. The van der Waals surface area contributed by atoms with Crippen molar-refractivity contribution in [3.8, 4) is 22.3 Å². The van der Waals surface area contributed by atoms with Crippen LogP contribution in [0, 0.1) is 0 Å². The molecular formula is C18H14O6S2. The molecule has 0 heterocycles. The zero-order chi connectivity index (χ0) is 18.9. The largest absolute Gasteiger partial charge is 0.295 e. The fraction of sp³-hybridized carbons (Fsp3) is 0. The highest BCUT2D eigenvalue weighted by Gasteiger charge is 2.18. The molecule has 0 radical (unpaired) electrons. The normalized spacial score (nSPS) is 12.1. The van der Waals surface area contributed by atoms with Gasteiger partial charge in [-0.1, -0.05) is 48.5 Å². The van der Waals surface area contributed by atoms with Crippen LogP contribution in [0.1, 0.15) is 0 Å².